The van der Waals surface area contributed by atoms with E-state index < -0.39 is 23.9 Å². The van der Waals surface area contributed by atoms with Gasteiger partial charge in [0, 0.05) is 25.9 Å². The van der Waals surface area contributed by atoms with Crippen molar-refractivity contribution < 1.29 is 68.1 Å². The van der Waals surface area contributed by atoms with Gasteiger partial charge in [0.15, 0.2) is 23.0 Å². The topological polar surface area (TPSA) is 244 Å². The van der Waals surface area contributed by atoms with Gasteiger partial charge in [-0.15, -0.1) is 0 Å². The summed E-state index contributed by atoms with van der Waals surface area (Å²) in [6, 6.07) is 11.6. The zero-order valence-electron chi connectivity index (χ0n) is 45.8. The zero-order chi connectivity index (χ0) is 58.8. The van der Waals surface area contributed by atoms with Gasteiger partial charge in [-0.2, -0.15) is 0 Å². The Morgan fingerprint density at radius 1 is 0.506 bits per heavy atom. The van der Waals surface area contributed by atoms with Gasteiger partial charge in [0.2, 0.25) is 11.8 Å². The Labute approximate surface area is 490 Å². The summed E-state index contributed by atoms with van der Waals surface area (Å²) in [5.74, 6) is -3.21. The molecule has 8 atom stereocenters. The lowest BCUT2D eigenvalue weighted by Gasteiger charge is -2.61. The van der Waals surface area contributed by atoms with Crippen molar-refractivity contribution in [1.29, 1.82) is 0 Å². The molecule has 6 N–H and O–H groups in total. The molecule has 4 aromatic rings. The van der Waals surface area contributed by atoms with E-state index in [4.69, 9.17) is 65.4 Å². The predicted octanol–water partition coefficient (Wildman–Crippen LogP) is 13.0. The first-order chi connectivity index (χ1) is 38.5. The number of hydrogen-bond acceptors (Lipinski definition) is 10. The van der Waals surface area contributed by atoms with Crippen molar-refractivity contribution in [2.45, 2.75) is 84.5 Å². The zero-order valence-corrected chi connectivity index (χ0v) is 48.8. The van der Waals surface area contributed by atoms with Crippen LogP contribution in [0.1, 0.15) is 148 Å². The van der Waals surface area contributed by atoms with E-state index in [9.17, 15) is 49.2 Å². The molecule has 0 saturated heterocycles. The van der Waals surface area contributed by atoms with E-state index in [1.54, 1.807) is 12.2 Å². The summed E-state index contributed by atoms with van der Waals surface area (Å²) >= 11 is 26.1. The maximum Gasteiger partial charge on any atom is 0.339 e. The lowest BCUT2D eigenvalue weighted by atomic mass is 9.44. The number of hydrogen-bond donors (Lipinski definition) is 6. The molecule has 0 bridgehead atoms. The Balaban J connectivity index is 0.915. The smallest absolute Gasteiger partial charge is 0.339 e. The third kappa shape index (κ3) is 12.2. The molecule has 4 aliphatic rings. The summed E-state index contributed by atoms with van der Waals surface area (Å²) in [6.45, 7) is 4.92. The molecule has 16 nitrogen and oxygen atoms in total. The van der Waals surface area contributed by atoms with Crippen LogP contribution >= 0.6 is 46.4 Å². The molecule has 0 radical (unpaired) electrons. The quantitative estimate of drug-likeness (QED) is 0.0482. The van der Waals surface area contributed by atoms with E-state index in [-0.39, 0.29) is 113 Å². The number of carbonyl (C=O) groups is 6. The number of halogens is 4. The predicted molar refractivity (Wildman–Crippen MR) is 308 cm³/mol. The Bertz CT molecular complexity index is 3100. The number of ether oxygens (including phenoxy) is 4. The number of amides is 2. The van der Waals surface area contributed by atoms with Gasteiger partial charge in [0.1, 0.15) is 22.3 Å². The average molecular weight is 1190 g/mol. The van der Waals surface area contributed by atoms with Gasteiger partial charge in [-0.25, -0.2) is 19.2 Å². The summed E-state index contributed by atoms with van der Waals surface area (Å²) in [5.41, 5.74) is 1.36. The fourth-order valence-corrected chi connectivity index (χ4v) is 15.6. The van der Waals surface area contributed by atoms with Crippen LogP contribution in [-0.4, -0.2) is 97.6 Å². The van der Waals surface area contributed by atoms with E-state index in [0.717, 1.165) is 57.8 Å². The maximum absolute atomic E-state index is 13.9. The van der Waals surface area contributed by atoms with Crippen LogP contribution in [0.5, 0.6) is 23.0 Å². The average Bonchev–Trinajstić information content (AvgIpc) is 3.87. The molecular weight excluding hydrogens is 1130 g/mol. The Morgan fingerprint density at radius 3 is 1.26 bits per heavy atom. The number of benzene rings is 4. The third-order valence-corrected chi connectivity index (χ3v) is 19.4. The van der Waals surface area contributed by atoms with Gasteiger partial charge in [0.05, 0.1) is 48.5 Å². The first-order valence-corrected chi connectivity index (χ1v) is 28.4. The monoisotopic (exact) mass is 1190 g/mol. The van der Waals surface area contributed by atoms with E-state index >= 15 is 0 Å². The normalized spacial score (nSPS) is 23.5. The highest BCUT2D eigenvalue weighted by Crippen LogP contribution is 2.68. The first kappa shape index (κ1) is 60.6. The molecule has 0 heterocycles. The number of carbonyl (C=O) groups excluding carboxylic acids is 2. The molecule has 432 valence electrons. The molecule has 0 unspecified atom stereocenters. The molecule has 4 fully saturated rings. The van der Waals surface area contributed by atoms with Gasteiger partial charge in [-0.05, 0) is 186 Å². The number of rotatable bonds is 20. The molecule has 20 heteroatoms. The van der Waals surface area contributed by atoms with E-state index in [1.165, 1.54) is 77.0 Å². The summed E-state index contributed by atoms with van der Waals surface area (Å²) in [7, 11) is 5.23. The Kier molecular flexibility index (Phi) is 18.7. The van der Waals surface area contributed by atoms with Gasteiger partial charge in [0.25, 0.3) is 0 Å². The summed E-state index contributed by atoms with van der Waals surface area (Å²) < 4.78 is 21.1. The Morgan fingerprint density at radius 2 is 0.877 bits per heavy atom. The minimum atomic E-state index is -1.29. The lowest BCUT2D eigenvalue weighted by molar-refractivity contribution is -0.131. The van der Waals surface area contributed by atoms with Crippen LogP contribution in [0.4, 0.5) is 0 Å². The van der Waals surface area contributed by atoms with Crippen molar-refractivity contribution in [3.63, 3.8) is 0 Å². The SMILES string of the molecule is COc1c(Cl)cc(C(=CCNC(=O)C[C@H]2CC[C@@]3(C)[C@@H](CC[C@@H]4[C@@H]3CC[C@]3(C)[C@@H](CC(=O)NCC=C(c5cc(Cl)c(OC)c(C(=O)O)c5)c5cc(Cl)c(OC)c(C(=O)O)c5)CC[C@@H]43)C2)c2cc(Cl)c(OC)c(C(=O)O)c2)cc1C(=O)O. The van der Waals surface area contributed by atoms with Gasteiger partial charge in [-0.1, -0.05) is 72.4 Å². The number of aromatic carboxylic acids is 4. The fourth-order valence-electron chi connectivity index (χ4n) is 14.4. The van der Waals surface area contributed by atoms with Crippen molar-refractivity contribution in [3.8, 4) is 23.0 Å². The van der Waals surface area contributed by atoms with Crippen LogP contribution in [-0.2, 0) is 9.59 Å². The molecule has 81 heavy (non-hydrogen) atoms. The second-order valence-electron chi connectivity index (χ2n) is 22.2. The second kappa shape index (κ2) is 24.9. The molecule has 4 saturated carbocycles. The second-order valence-corrected chi connectivity index (χ2v) is 23.9. The Hall–Kier alpha value is -6.46. The van der Waals surface area contributed by atoms with Gasteiger partial charge in [-0.3, -0.25) is 9.59 Å². The number of carboxylic acids is 4. The highest BCUT2D eigenvalue weighted by molar-refractivity contribution is 6.34. The van der Waals surface area contributed by atoms with E-state index in [0.29, 0.717) is 69.9 Å². The van der Waals surface area contributed by atoms with Crippen molar-refractivity contribution in [2.75, 3.05) is 41.5 Å². The van der Waals surface area contributed by atoms with Crippen LogP contribution in [0.25, 0.3) is 11.1 Å². The molecule has 8 rings (SSSR count). The summed E-state index contributed by atoms with van der Waals surface area (Å²) in [4.78, 5) is 76.9. The minimum absolute atomic E-state index is 0.0191. The summed E-state index contributed by atoms with van der Waals surface area (Å²) in [6.07, 6.45) is 13.1. The molecule has 0 aromatic heterocycles. The molecule has 0 aliphatic heterocycles. The molecule has 0 spiro atoms. The standard InChI is InChI=1S/C61H66Cl4N2O14/c1-60-15-11-30(20-50(68)66-17-13-37(31-21-40(56(70)71)52(78-3)46(62)25-31)32-22-41(57(72)73)53(79-4)47(63)26-32)19-35(60)7-9-39-44-10-8-36(61(44,2)16-12-45(39)60)29-51(69)67-18-14-38(33-23-42(58(74)75)54(80-5)48(64)27-33)34-24-43(59(76)77)55(81-6)49(65)28-34/h13-14,21-28,30,35-36,39,44-45H,7-12,15-20,29H2,1-6H3,(H,66,68)(H,67,69)(H,70,71)(H,72,73)(H,74,75)(H,76,77)/t30-,35-,36+,39-,44-,45-,60-,61+/m0/s1. The van der Waals surface area contributed by atoms with Crippen LogP contribution in [0.2, 0.25) is 20.1 Å². The third-order valence-electron chi connectivity index (χ3n) is 18.2. The van der Waals surface area contributed by atoms with Crippen LogP contribution in [0, 0.1) is 46.3 Å². The molecule has 4 aromatic carbocycles. The first-order valence-electron chi connectivity index (χ1n) is 26.9. The van der Waals surface area contributed by atoms with Gasteiger partial charge >= 0.3 is 23.9 Å². The van der Waals surface area contributed by atoms with Gasteiger partial charge < -0.3 is 50.0 Å². The molecule has 2 amide bonds. The van der Waals surface area contributed by atoms with E-state index in [1.807, 2.05) is 0 Å². The van der Waals surface area contributed by atoms with Crippen molar-refractivity contribution in [1.82, 2.24) is 10.6 Å². The van der Waals surface area contributed by atoms with Crippen molar-refractivity contribution in [2.24, 2.45) is 46.3 Å². The highest BCUT2D eigenvalue weighted by Gasteiger charge is 2.60. The largest absolute Gasteiger partial charge is 0.494 e. The number of methoxy groups -OCH3 is 4. The number of nitrogens with one attached hydrogen (secondary N) is 2. The van der Waals surface area contributed by atoms with Crippen LogP contribution < -0.4 is 29.6 Å². The van der Waals surface area contributed by atoms with Crippen molar-refractivity contribution >= 4 is 93.2 Å². The minimum Gasteiger partial charge on any atom is -0.494 e. The molecular formula is C61H66Cl4N2O14. The van der Waals surface area contributed by atoms with Crippen LogP contribution in [0.3, 0.4) is 0 Å². The van der Waals surface area contributed by atoms with Crippen molar-refractivity contribution in [3.05, 3.63) is 125 Å². The summed E-state index contributed by atoms with van der Waals surface area (Å²) in [5, 5.41) is 46.3. The van der Waals surface area contributed by atoms with Crippen LogP contribution in [0.15, 0.2) is 60.7 Å². The lowest BCUT2D eigenvalue weighted by Crippen LogP contribution is -2.53. The highest BCUT2D eigenvalue weighted by atomic mass is 35.5. The number of carboxylic acid groups (broad SMARTS) is 4. The van der Waals surface area contributed by atoms with E-state index in [2.05, 4.69) is 24.5 Å². The molecule has 4 aliphatic carbocycles. The fraction of sp³-hybridized carbons (Fsp3) is 0.443. The maximum atomic E-state index is 13.9. The number of fused-ring (bicyclic) bond motifs is 5.